The van der Waals surface area contributed by atoms with Crippen LogP contribution in [0.15, 0.2) is 28.8 Å². The molecule has 1 aromatic carbocycles. The Morgan fingerprint density at radius 2 is 2.04 bits per heavy atom. The molecule has 0 radical (unpaired) electrons. The highest BCUT2D eigenvalue weighted by Crippen LogP contribution is 2.19. The number of aromatic nitrogens is 2. The van der Waals surface area contributed by atoms with E-state index in [1.54, 1.807) is 12.1 Å². The second-order valence-corrected chi connectivity index (χ2v) is 6.49. The first-order chi connectivity index (χ1) is 12.2. The molecule has 7 heteroatoms. The summed E-state index contributed by atoms with van der Waals surface area (Å²) in [4.78, 5) is 18.6. The van der Waals surface area contributed by atoms with E-state index in [9.17, 15) is 4.79 Å². The first-order valence-electron chi connectivity index (χ1n) is 8.63. The van der Waals surface area contributed by atoms with Crippen molar-refractivity contribution >= 4 is 17.5 Å². The van der Waals surface area contributed by atoms with Crippen LogP contribution < -0.4 is 0 Å². The summed E-state index contributed by atoms with van der Waals surface area (Å²) in [6.45, 7) is 4.23. The van der Waals surface area contributed by atoms with E-state index in [4.69, 9.17) is 20.9 Å². The average molecular weight is 364 g/mol. The summed E-state index contributed by atoms with van der Waals surface area (Å²) in [7, 11) is 0. The topological polar surface area (TPSA) is 68.5 Å². The van der Waals surface area contributed by atoms with Gasteiger partial charge in [-0.15, -0.1) is 0 Å². The fraction of sp³-hybridized carbons (Fsp3) is 0.500. The third-order valence-electron chi connectivity index (χ3n) is 4.32. The third-order valence-corrected chi connectivity index (χ3v) is 4.57. The van der Waals surface area contributed by atoms with Gasteiger partial charge in [-0.2, -0.15) is 4.98 Å². The summed E-state index contributed by atoms with van der Waals surface area (Å²) < 4.78 is 10.9. The lowest BCUT2D eigenvalue weighted by Gasteiger charge is -2.31. The molecule has 1 fully saturated rings. The van der Waals surface area contributed by atoms with E-state index < -0.39 is 0 Å². The van der Waals surface area contributed by atoms with Crippen molar-refractivity contribution in [1.82, 2.24) is 15.0 Å². The standard InChI is InChI=1S/C18H22ClN3O3/c1-2-24-15-9-11-22(12-10-15)17(23)8-7-16-20-18(21-25-16)13-3-5-14(19)6-4-13/h3-6,15H,2,7-12H2,1H3. The van der Waals surface area contributed by atoms with Crippen LogP contribution in [0.5, 0.6) is 0 Å². The van der Waals surface area contributed by atoms with Gasteiger partial charge in [0.1, 0.15) is 0 Å². The highest BCUT2D eigenvalue weighted by molar-refractivity contribution is 6.30. The molecular formula is C18H22ClN3O3. The molecule has 2 aromatic rings. The summed E-state index contributed by atoms with van der Waals surface area (Å²) in [6.07, 6.45) is 2.92. The van der Waals surface area contributed by atoms with E-state index in [1.165, 1.54) is 0 Å². The largest absolute Gasteiger partial charge is 0.378 e. The summed E-state index contributed by atoms with van der Waals surface area (Å²) in [6, 6.07) is 7.24. The van der Waals surface area contributed by atoms with Crippen LogP contribution in [0.25, 0.3) is 11.4 Å². The molecule has 2 heterocycles. The first-order valence-corrected chi connectivity index (χ1v) is 9.01. The van der Waals surface area contributed by atoms with Crippen molar-refractivity contribution in [3.63, 3.8) is 0 Å². The number of carbonyl (C=O) groups excluding carboxylic acids is 1. The number of amides is 1. The van der Waals surface area contributed by atoms with Crippen molar-refractivity contribution < 1.29 is 14.1 Å². The van der Waals surface area contributed by atoms with Crippen LogP contribution in [0.1, 0.15) is 32.1 Å². The van der Waals surface area contributed by atoms with Crippen molar-refractivity contribution in [2.24, 2.45) is 0 Å². The van der Waals surface area contributed by atoms with Crippen molar-refractivity contribution in [2.45, 2.75) is 38.7 Å². The van der Waals surface area contributed by atoms with Gasteiger partial charge in [-0.3, -0.25) is 4.79 Å². The molecule has 0 atom stereocenters. The molecule has 1 aromatic heterocycles. The number of aryl methyl sites for hydroxylation is 1. The molecule has 0 unspecified atom stereocenters. The lowest BCUT2D eigenvalue weighted by atomic mass is 10.1. The van der Waals surface area contributed by atoms with Gasteiger partial charge in [0, 0.05) is 43.1 Å². The number of ether oxygens (including phenoxy) is 1. The maximum Gasteiger partial charge on any atom is 0.227 e. The molecular weight excluding hydrogens is 342 g/mol. The highest BCUT2D eigenvalue weighted by atomic mass is 35.5. The summed E-state index contributed by atoms with van der Waals surface area (Å²) in [5, 5.41) is 4.62. The first kappa shape index (κ1) is 17.9. The Morgan fingerprint density at radius 1 is 1.32 bits per heavy atom. The molecule has 0 spiro atoms. The van der Waals surface area contributed by atoms with E-state index in [-0.39, 0.29) is 12.0 Å². The number of piperidine rings is 1. The minimum atomic E-state index is 0.126. The number of rotatable bonds is 6. The van der Waals surface area contributed by atoms with Crippen molar-refractivity contribution in [1.29, 1.82) is 0 Å². The number of halogens is 1. The zero-order valence-electron chi connectivity index (χ0n) is 14.3. The molecule has 0 aliphatic carbocycles. The minimum Gasteiger partial charge on any atom is -0.378 e. The van der Waals surface area contributed by atoms with Gasteiger partial charge in [-0.25, -0.2) is 0 Å². The zero-order chi connectivity index (χ0) is 17.6. The predicted octanol–water partition coefficient (Wildman–Crippen LogP) is 3.35. The van der Waals surface area contributed by atoms with E-state index in [0.29, 0.717) is 29.6 Å². The molecule has 1 aliphatic rings. The predicted molar refractivity (Wildman–Crippen MR) is 94.3 cm³/mol. The van der Waals surface area contributed by atoms with Crippen molar-refractivity contribution in [3.8, 4) is 11.4 Å². The second-order valence-electron chi connectivity index (χ2n) is 6.05. The van der Waals surface area contributed by atoms with Gasteiger partial charge in [0.15, 0.2) is 0 Å². The number of likely N-dealkylation sites (tertiary alicyclic amines) is 1. The SMILES string of the molecule is CCOC1CCN(C(=O)CCc2nc(-c3ccc(Cl)cc3)no2)CC1. The second kappa shape index (κ2) is 8.45. The molecule has 0 saturated carbocycles. The Kier molecular flexibility index (Phi) is 6.04. The Hall–Kier alpha value is -1.92. The van der Waals surface area contributed by atoms with Crippen LogP contribution in [-0.4, -0.2) is 46.7 Å². The molecule has 3 rings (SSSR count). The van der Waals surface area contributed by atoms with Gasteiger partial charge >= 0.3 is 0 Å². The van der Waals surface area contributed by atoms with Gasteiger partial charge in [0.25, 0.3) is 0 Å². The van der Waals surface area contributed by atoms with Gasteiger partial charge < -0.3 is 14.2 Å². The van der Waals surface area contributed by atoms with Crippen molar-refractivity contribution in [2.75, 3.05) is 19.7 Å². The molecule has 0 N–H and O–H groups in total. The molecule has 1 aliphatic heterocycles. The number of hydrogen-bond acceptors (Lipinski definition) is 5. The monoisotopic (exact) mass is 363 g/mol. The third kappa shape index (κ3) is 4.80. The molecule has 1 saturated heterocycles. The molecule has 6 nitrogen and oxygen atoms in total. The normalized spacial score (nSPS) is 15.5. The number of benzene rings is 1. The Balaban J connectivity index is 1.49. The Labute approximate surface area is 152 Å². The molecule has 1 amide bonds. The van der Waals surface area contributed by atoms with Crippen molar-refractivity contribution in [3.05, 3.63) is 35.2 Å². The fourth-order valence-electron chi connectivity index (χ4n) is 2.95. The van der Waals surface area contributed by atoms with Gasteiger partial charge in [-0.1, -0.05) is 16.8 Å². The molecule has 25 heavy (non-hydrogen) atoms. The Bertz CT molecular complexity index is 694. The maximum absolute atomic E-state index is 12.3. The molecule has 134 valence electrons. The molecule has 0 bridgehead atoms. The van der Waals surface area contributed by atoms with Gasteiger partial charge in [0.2, 0.25) is 17.6 Å². The van der Waals surface area contributed by atoms with E-state index in [2.05, 4.69) is 10.1 Å². The van der Waals surface area contributed by atoms with Gasteiger partial charge in [-0.05, 0) is 44.0 Å². The smallest absolute Gasteiger partial charge is 0.227 e. The average Bonchev–Trinajstić information content (AvgIpc) is 3.10. The van der Waals surface area contributed by atoms with E-state index >= 15 is 0 Å². The Morgan fingerprint density at radius 3 is 2.72 bits per heavy atom. The van der Waals surface area contributed by atoms with E-state index in [0.717, 1.165) is 38.1 Å². The highest BCUT2D eigenvalue weighted by Gasteiger charge is 2.23. The van der Waals surface area contributed by atoms with Crippen LogP contribution in [0.4, 0.5) is 0 Å². The fourth-order valence-corrected chi connectivity index (χ4v) is 3.08. The van der Waals surface area contributed by atoms with E-state index in [1.807, 2.05) is 24.0 Å². The van der Waals surface area contributed by atoms with Crippen LogP contribution in [0.2, 0.25) is 5.02 Å². The number of nitrogens with zero attached hydrogens (tertiary/aromatic N) is 3. The van der Waals surface area contributed by atoms with Gasteiger partial charge in [0.05, 0.1) is 6.10 Å². The lowest BCUT2D eigenvalue weighted by Crippen LogP contribution is -2.41. The van der Waals surface area contributed by atoms with Crippen LogP contribution in [0.3, 0.4) is 0 Å². The summed E-state index contributed by atoms with van der Waals surface area (Å²) in [5.41, 5.74) is 0.837. The summed E-state index contributed by atoms with van der Waals surface area (Å²) >= 11 is 5.87. The van der Waals surface area contributed by atoms with Crippen LogP contribution >= 0.6 is 11.6 Å². The lowest BCUT2D eigenvalue weighted by molar-refractivity contribution is -0.133. The maximum atomic E-state index is 12.3. The quantitative estimate of drug-likeness (QED) is 0.787. The summed E-state index contributed by atoms with van der Waals surface area (Å²) in [5.74, 6) is 1.11. The minimum absolute atomic E-state index is 0.126. The number of carbonyl (C=O) groups is 1. The van der Waals surface area contributed by atoms with Crippen LogP contribution in [-0.2, 0) is 16.0 Å². The zero-order valence-corrected chi connectivity index (χ0v) is 15.0. The van der Waals surface area contributed by atoms with Crippen LogP contribution in [0, 0.1) is 0 Å². The number of hydrogen-bond donors (Lipinski definition) is 0.